The highest BCUT2D eigenvalue weighted by Gasteiger charge is 2.26. The van der Waals surface area contributed by atoms with Crippen molar-refractivity contribution in [3.63, 3.8) is 0 Å². The average molecular weight is 281 g/mol. The minimum atomic E-state index is -0.469. The lowest BCUT2D eigenvalue weighted by atomic mass is 9.98. The van der Waals surface area contributed by atoms with E-state index in [1.165, 1.54) is 13.8 Å². The Hall–Kier alpha value is -2.62. The molecule has 0 atom stereocenters. The maximum absolute atomic E-state index is 11.9. The van der Waals surface area contributed by atoms with E-state index >= 15 is 0 Å². The molecule has 0 unspecified atom stereocenters. The van der Waals surface area contributed by atoms with Crippen LogP contribution in [0, 0.1) is 0 Å². The van der Waals surface area contributed by atoms with Gasteiger partial charge in [0.25, 0.3) is 0 Å². The zero-order chi connectivity index (χ0) is 15.1. The van der Waals surface area contributed by atoms with Gasteiger partial charge in [-0.3, -0.25) is 9.59 Å². The quantitative estimate of drug-likeness (QED) is 0.339. The van der Waals surface area contributed by atoms with E-state index in [1.54, 1.807) is 6.07 Å². The van der Waals surface area contributed by atoms with Crippen LogP contribution in [0.1, 0.15) is 35.3 Å². The molecule has 0 saturated heterocycles. The SMILES string of the molecule is CC(=O)Oc1cc2c(c(N)c1C(C)=O)Cc1ccccc1-2. The van der Waals surface area contributed by atoms with E-state index in [2.05, 4.69) is 0 Å². The van der Waals surface area contributed by atoms with Crippen LogP contribution in [0.25, 0.3) is 11.1 Å². The zero-order valence-corrected chi connectivity index (χ0v) is 11.9. The van der Waals surface area contributed by atoms with Gasteiger partial charge < -0.3 is 10.5 Å². The van der Waals surface area contributed by atoms with Crippen LogP contribution in [-0.2, 0) is 11.2 Å². The number of hydrogen-bond acceptors (Lipinski definition) is 4. The molecule has 2 aromatic rings. The van der Waals surface area contributed by atoms with Crippen molar-refractivity contribution in [2.75, 3.05) is 5.73 Å². The number of anilines is 1. The highest BCUT2D eigenvalue weighted by Crippen LogP contribution is 2.44. The molecule has 0 radical (unpaired) electrons. The van der Waals surface area contributed by atoms with E-state index in [9.17, 15) is 9.59 Å². The minimum Gasteiger partial charge on any atom is -0.426 e. The summed E-state index contributed by atoms with van der Waals surface area (Å²) < 4.78 is 5.19. The van der Waals surface area contributed by atoms with Crippen LogP contribution in [0.15, 0.2) is 30.3 Å². The second kappa shape index (κ2) is 4.74. The molecule has 2 N–H and O–H groups in total. The number of carbonyl (C=O) groups excluding carboxylic acids is 2. The molecule has 0 aliphatic heterocycles. The van der Waals surface area contributed by atoms with Crippen molar-refractivity contribution in [1.29, 1.82) is 0 Å². The molecule has 0 fully saturated rings. The zero-order valence-electron chi connectivity index (χ0n) is 11.9. The second-order valence-electron chi connectivity index (χ2n) is 5.17. The molecule has 106 valence electrons. The fraction of sp³-hybridized carbons (Fsp3) is 0.176. The first-order valence-electron chi connectivity index (χ1n) is 6.72. The Balaban J connectivity index is 2.27. The lowest BCUT2D eigenvalue weighted by Gasteiger charge is -2.14. The standard InChI is InChI=1S/C17H15NO3/c1-9(19)16-15(21-10(2)20)8-13-12-6-4-3-5-11(12)7-14(13)17(16)18/h3-6,8H,7,18H2,1-2H3. The summed E-state index contributed by atoms with van der Waals surface area (Å²) in [5.74, 6) is -0.436. The van der Waals surface area contributed by atoms with Gasteiger partial charge in [0.1, 0.15) is 5.75 Å². The van der Waals surface area contributed by atoms with Gasteiger partial charge >= 0.3 is 5.97 Å². The number of rotatable bonds is 2. The van der Waals surface area contributed by atoms with E-state index in [-0.39, 0.29) is 17.1 Å². The third-order valence-corrected chi connectivity index (χ3v) is 3.72. The molecule has 1 aliphatic carbocycles. The van der Waals surface area contributed by atoms with Gasteiger partial charge in [-0.25, -0.2) is 0 Å². The van der Waals surface area contributed by atoms with Gasteiger partial charge in [-0.2, -0.15) is 0 Å². The molecule has 0 saturated carbocycles. The summed E-state index contributed by atoms with van der Waals surface area (Å²) in [6, 6.07) is 9.71. The van der Waals surface area contributed by atoms with Crippen LogP contribution in [0.5, 0.6) is 5.75 Å². The second-order valence-corrected chi connectivity index (χ2v) is 5.17. The fourth-order valence-electron chi connectivity index (χ4n) is 2.88. The number of hydrogen-bond donors (Lipinski definition) is 1. The third-order valence-electron chi connectivity index (χ3n) is 3.72. The number of Topliss-reactive ketones (excluding diaryl/α,β-unsaturated/α-hetero) is 1. The smallest absolute Gasteiger partial charge is 0.308 e. The number of nitrogen functional groups attached to an aromatic ring is 1. The van der Waals surface area contributed by atoms with Crippen molar-refractivity contribution in [1.82, 2.24) is 0 Å². The van der Waals surface area contributed by atoms with E-state index < -0.39 is 5.97 Å². The number of nitrogens with two attached hydrogens (primary N) is 1. The minimum absolute atomic E-state index is 0.206. The Morgan fingerprint density at radius 3 is 2.52 bits per heavy atom. The van der Waals surface area contributed by atoms with Gasteiger partial charge in [-0.15, -0.1) is 0 Å². The van der Waals surface area contributed by atoms with Crippen molar-refractivity contribution in [2.24, 2.45) is 0 Å². The molecule has 0 spiro atoms. The highest BCUT2D eigenvalue weighted by molar-refractivity contribution is 6.05. The first kappa shape index (κ1) is 13.4. The maximum atomic E-state index is 11.9. The average Bonchev–Trinajstić information content (AvgIpc) is 2.77. The van der Waals surface area contributed by atoms with Crippen molar-refractivity contribution in [3.05, 3.63) is 47.0 Å². The molecule has 3 rings (SSSR count). The van der Waals surface area contributed by atoms with E-state index in [1.807, 2.05) is 24.3 Å². The van der Waals surface area contributed by atoms with Crippen LogP contribution in [-0.4, -0.2) is 11.8 Å². The molecule has 2 aromatic carbocycles. The summed E-state index contributed by atoms with van der Waals surface area (Å²) in [6.07, 6.45) is 0.692. The van der Waals surface area contributed by atoms with Gasteiger partial charge in [0.05, 0.1) is 11.3 Å². The van der Waals surface area contributed by atoms with Crippen molar-refractivity contribution >= 4 is 17.4 Å². The van der Waals surface area contributed by atoms with E-state index in [0.717, 1.165) is 22.3 Å². The Bertz CT molecular complexity index is 778. The van der Waals surface area contributed by atoms with Crippen molar-refractivity contribution in [3.8, 4) is 16.9 Å². The normalized spacial score (nSPS) is 11.7. The van der Waals surface area contributed by atoms with Gasteiger partial charge in [0.2, 0.25) is 0 Å². The molecular weight excluding hydrogens is 266 g/mol. The van der Waals surface area contributed by atoms with Gasteiger partial charge in [-0.1, -0.05) is 24.3 Å². The number of esters is 1. The van der Waals surface area contributed by atoms with Crippen LogP contribution in [0.2, 0.25) is 0 Å². The summed E-state index contributed by atoms with van der Waals surface area (Å²) in [5, 5.41) is 0. The molecule has 4 heteroatoms. The number of fused-ring (bicyclic) bond motifs is 3. The predicted molar refractivity (Wildman–Crippen MR) is 80.4 cm³/mol. The van der Waals surface area contributed by atoms with E-state index in [0.29, 0.717) is 12.1 Å². The molecular formula is C17H15NO3. The first-order chi connectivity index (χ1) is 9.99. The Morgan fingerprint density at radius 2 is 1.86 bits per heavy atom. The van der Waals surface area contributed by atoms with E-state index in [4.69, 9.17) is 10.5 Å². The monoisotopic (exact) mass is 281 g/mol. The number of benzene rings is 2. The Kier molecular flexibility index (Phi) is 3.01. The molecule has 0 heterocycles. The topological polar surface area (TPSA) is 69.4 Å². The lowest BCUT2D eigenvalue weighted by molar-refractivity contribution is -0.131. The molecule has 0 amide bonds. The summed E-state index contributed by atoms with van der Waals surface area (Å²) in [5.41, 5.74) is 11.0. The van der Waals surface area contributed by atoms with Crippen molar-refractivity contribution in [2.45, 2.75) is 20.3 Å². The molecule has 1 aliphatic rings. The summed E-state index contributed by atoms with van der Waals surface area (Å²) in [4.78, 5) is 23.1. The molecule has 0 bridgehead atoms. The summed E-state index contributed by atoms with van der Waals surface area (Å²) >= 11 is 0. The van der Waals surface area contributed by atoms with Crippen LogP contribution in [0.4, 0.5) is 5.69 Å². The summed E-state index contributed by atoms with van der Waals surface area (Å²) in [6.45, 7) is 2.73. The lowest BCUT2D eigenvalue weighted by Crippen LogP contribution is -2.10. The number of ketones is 1. The molecule has 0 aromatic heterocycles. The number of carbonyl (C=O) groups is 2. The van der Waals surface area contributed by atoms with Crippen LogP contribution >= 0.6 is 0 Å². The van der Waals surface area contributed by atoms with Gasteiger partial charge in [0.15, 0.2) is 5.78 Å². The Labute approximate surface area is 122 Å². The predicted octanol–water partition coefficient (Wildman–Crippen LogP) is 2.97. The third kappa shape index (κ3) is 2.09. The van der Waals surface area contributed by atoms with Crippen LogP contribution < -0.4 is 10.5 Å². The number of ether oxygens (including phenoxy) is 1. The van der Waals surface area contributed by atoms with Crippen LogP contribution in [0.3, 0.4) is 0 Å². The largest absolute Gasteiger partial charge is 0.426 e. The fourth-order valence-corrected chi connectivity index (χ4v) is 2.88. The van der Waals surface area contributed by atoms with Gasteiger partial charge in [-0.05, 0) is 35.2 Å². The Morgan fingerprint density at radius 1 is 1.14 bits per heavy atom. The molecule has 4 nitrogen and oxygen atoms in total. The highest BCUT2D eigenvalue weighted by atomic mass is 16.5. The summed E-state index contributed by atoms with van der Waals surface area (Å²) in [7, 11) is 0. The maximum Gasteiger partial charge on any atom is 0.308 e. The van der Waals surface area contributed by atoms with Gasteiger partial charge in [0, 0.05) is 13.3 Å². The molecule has 21 heavy (non-hydrogen) atoms. The first-order valence-corrected chi connectivity index (χ1v) is 6.72. The van der Waals surface area contributed by atoms with Crippen molar-refractivity contribution < 1.29 is 14.3 Å².